The number of hydrogen-bond donors (Lipinski definition) is 0. The van der Waals surface area contributed by atoms with Crippen molar-refractivity contribution in [3.63, 3.8) is 0 Å². The highest BCUT2D eigenvalue weighted by Crippen LogP contribution is 2.25. The van der Waals surface area contributed by atoms with E-state index in [-0.39, 0.29) is 5.91 Å². The zero-order valence-corrected chi connectivity index (χ0v) is 16.2. The Hall–Kier alpha value is -1.73. The first-order valence-corrected chi connectivity index (χ1v) is 10.5. The topological polar surface area (TPSA) is 54.3 Å². The molecule has 2 aliphatic heterocycles. The Labute approximate surface area is 158 Å². The molecule has 0 aliphatic carbocycles. The molecule has 0 atom stereocenters. The SMILES string of the molecule is Cc1ccsc1CN1CCC(n2cc(C(=O)N3CCCCC3)nn2)CC1. The van der Waals surface area contributed by atoms with Crippen LogP contribution >= 0.6 is 11.3 Å². The van der Waals surface area contributed by atoms with E-state index in [9.17, 15) is 4.79 Å². The largest absolute Gasteiger partial charge is 0.337 e. The van der Waals surface area contributed by atoms with Gasteiger partial charge in [-0.3, -0.25) is 9.69 Å². The normalized spacial score (nSPS) is 19.8. The van der Waals surface area contributed by atoms with Crippen LogP contribution < -0.4 is 0 Å². The lowest BCUT2D eigenvalue weighted by Gasteiger charge is -2.31. The Balaban J connectivity index is 1.32. The summed E-state index contributed by atoms with van der Waals surface area (Å²) < 4.78 is 1.92. The lowest BCUT2D eigenvalue weighted by atomic mass is 10.1. The van der Waals surface area contributed by atoms with E-state index in [1.54, 1.807) is 0 Å². The third-order valence-electron chi connectivity index (χ3n) is 5.64. The average molecular weight is 374 g/mol. The smallest absolute Gasteiger partial charge is 0.276 e. The van der Waals surface area contributed by atoms with E-state index < -0.39 is 0 Å². The summed E-state index contributed by atoms with van der Waals surface area (Å²) in [7, 11) is 0. The fourth-order valence-corrected chi connectivity index (χ4v) is 4.87. The Morgan fingerprint density at radius 2 is 1.96 bits per heavy atom. The molecule has 6 nitrogen and oxygen atoms in total. The number of hydrogen-bond acceptors (Lipinski definition) is 5. The second kappa shape index (κ2) is 7.88. The van der Waals surface area contributed by atoms with E-state index in [0.717, 1.165) is 58.4 Å². The number of nitrogens with zero attached hydrogens (tertiary/aromatic N) is 5. The highest BCUT2D eigenvalue weighted by Gasteiger charge is 2.25. The molecular weight excluding hydrogens is 346 g/mol. The van der Waals surface area contributed by atoms with Crippen LogP contribution in [0.5, 0.6) is 0 Å². The van der Waals surface area contributed by atoms with Crippen molar-refractivity contribution in [2.75, 3.05) is 26.2 Å². The standard InChI is InChI=1S/C19H27N5OS/c1-15-7-12-26-18(15)14-22-10-5-16(6-11-22)24-13-17(20-21-24)19(25)23-8-3-2-4-9-23/h7,12-13,16H,2-6,8-11,14H2,1H3. The van der Waals surface area contributed by atoms with Crippen molar-refractivity contribution in [1.29, 1.82) is 0 Å². The average Bonchev–Trinajstić information content (AvgIpc) is 3.32. The molecule has 7 heteroatoms. The molecule has 2 aromatic heterocycles. The predicted molar refractivity (Wildman–Crippen MR) is 102 cm³/mol. The number of aromatic nitrogens is 3. The third-order valence-corrected chi connectivity index (χ3v) is 6.65. The predicted octanol–water partition coefficient (Wildman–Crippen LogP) is 3.11. The van der Waals surface area contributed by atoms with Crippen LogP contribution in [-0.2, 0) is 6.54 Å². The van der Waals surface area contributed by atoms with E-state index in [4.69, 9.17) is 0 Å². The quantitative estimate of drug-likeness (QED) is 0.826. The van der Waals surface area contributed by atoms with Crippen LogP contribution in [-0.4, -0.2) is 56.9 Å². The molecule has 2 aliphatic rings. The van der Waals surface area contributed by atoms with Gasteiger partial charge in [0.25, 0.3) is 5.91 Å². The summed E-state index contributed by atoms with van der Waals surface area (Å²) in [5.41, 5.74) is 1.90. The van der Waals surface area contributed by atoms with Gasteiger partial charge in [0.15, 0.2) is 5.69 Å². The van der Waals surface area contributed by atoms with Crippen LogP contribution in [0.1, 0.15) is 59.1 Å². The molecule has 0 N–H and O–H groups in total. The fraction of sp³-hybridized carbons (Fsp3) is 0.632. The molecule has 140 valence electrons. The number of aryl methyl sites for hydroxylation is 1. The van der Waals surface area contributed by atoms with Gasteiger partial charge in [0, 0.05) is 37.6 Å². The molecule has 0 spiro atoms. The minimum absolute atomic E-state index is 0.0431. The number of piperidine rings is 2. The van der Waals surface area contributed by atoms with Gasteiger partial charge >= 0.3 is 0 Å². The molecule has 26 heavy (non-hydrogen) atoms. The van der Waals surface area contributed by atoms with E-state index in [0.29, 0.717) is 11.7 Å². The minimum atomic E-state index is 0.0431. The Morgan fingerprint density at radius 3 is 2.65 bits per heavy atom. The minimum Gasteiger partial charge on any atom is -0.337 e. The van der Waals surface area contributed by atoms with Crippen molar-refractivity contribution < 1.29 is 4.79 Å². The number of carbonyl (C=O) groups is 1. The number of amides is 1. The van der Waals surface area contributed by atoms with Crippen molar-refractivity contribution >= 4 is 17.2 Å². The number of rotatable bonds is 4. The van der Waals surface area contributed by atoms with Crippen molar-refractivity contribution in [1.82, 2.24) is 24.8 Å². The summed E-state index contributed by atoms with van der Waals surface area (Å²) in [4.78, 5) is 18.5. The second-order valence-corrected chi connectivity index (χ2v) is 8.47. The number of thiophene rings is 1. The molecule has 2 saturated heterocycles. The van der Waals surface area contributed by atoms with E-state index in [2.05, 4.69) is 33.6 Å². The van der Waals surface area contributed by atoms with Crippen LogP contribution in [0.4, 0.5) is 0 Å². The summed E-state index contributed by atoms with van der Waals surface area (Å²) in [6.45, 7) is 7.08. The summed E-state index contributed by atoms with van der Waals surface area (Å²) in [5, 5.41) is 10.6. The van der Waals surface area contributed by atoms with Crippen LogP contribution in [0.3, 0.4) is 0 Å². The van der Waals surface area contributed by atoms with Gasteiger partial charge in [0.1, 0.15) is 0 Å². The molecule has 4 rings (SSSR count). The Kier molecular flexibility index (Phi) is 5.36. The van der Waals surface area contributed by atoms with Gasteiger partial charge < -0.3 is 4.90 Å². The first-order chi connectivity index (χ1) is 12.7. The molecule has 0 radical (unpaired) electrons. The first kappa shape index (κ1) is 17.7. The maximum Gasteiger partial charge on any atom is 0.276 e. The zero-order valence-electron chi connectivity index (χ0n) is 15.4. The maximum atomic E-state index is 12.6. The molecule has 0 aromatic carbocycles. The molecule has 2 aromatic rings. The van der Waals surface area contributed by atoms with Crippen molar-refractivity contribution in [2.24, 2.45) is 0 Å². The Bertz CT molecular complexity index is 741. The molecule has 1 amide bonds. The third kappa shape index (κ3) is 3.83. The second-order valence-electron chi connectivity index (χ2n) is 7.47. The van der Waals surface area contributed by atoms with Crippen molar-refractivity contribution in [3.05, 3.63) is 33.8 Å². The monoisotopic (exact) mass is 373 g/mol. The van der Waals surface area contributed by atoms with Gasteiger partial charge in [-0.2, -0.15) is 0 Å². The molecule has 0 saturated carbocycles. The van der Waals surface area contributed by atoms with Gasteiger partial charge in [-0.15, -0.1) is 16.4 Å². The van der Waals surface area contributed by atoms with E-state index >= 15 is 0 Å². The lowest BCUT2D eigenvalue weighted by Crippen LogP contribution is -2.36. The summed E-state index contributed by atoms with van der Waals surface area (Å²) in [5.74, 6) is 0.0431. The van der Waals surface area contributed by atoms with Crippen molar-refractivity contribution in [3.8, 4) is 0 Å². The zero-order chi connectivity index (χ0) is 17.9. The van der Waals surface area contributed by atoms with Crippen molar-refractivity contribution in [2.45, 2.75) is 51.6 Å². The van der Waals surface area contributed by atoms with Gasteiger partial charge in [-0.1, -0.05) is 5.21 Å². The summed E-state index contributed by atoms with van der Waals surface area (Å²) in [6.07, 6.45) is 7.40. The number of likely N-dealkylation sites (tertiary alicyclic amines) is 2. The summed E-state index contributed by atoms with van der Waals surface area (Å²) in [6, 6.07) is 2.55. The van der Waals surface area contributed by atoms with E-state index in [1.165, 1.54) is 16.9 Å². The van der Waals surface area contributed by atoms with Gasteiger partial charge in [0.2, 0.25) is 0 Å². The maximum absolute atomic E-state index is 12.6. The molecule has 0 unspecified atom stereocenters. The van der Waals surface area contributed by atoms with Gasteiger partial charge in [-0.25, -0.2) is 4.68 Å². The van der Waals surface area contributed by atoms with Crippen LogP contribution in [0, 0.1) is 6.92 Å². The highest BCUT2D eigenvalue weighted by atomic mass is 32.1. The van der Waals surface area contributed by atoms with Crippen LogP contribution in [0.25, 0.3) is 0 Å². The molecule has 2 fully saturated rings. The molecular formula is C19H27N5OS. The number of carbonyl (C=O) groups excluding carboxylic acids is 1. The molecule has 4 heterocycles. The Morgan fingerprint density at radius 1 is 1.19 bits per heavy atom. The fourth-order valence-electron chi connectivity index (χ4n) is 3.92. The van der Waals surface area contributed by atoms with E-state index in [1.807, 2.05) is 27.1 Å². The van der Waals surface area contributed by atoms with Crippen LogP contribution in [0.2, 0.25) is 0 Å². The first-order valence-electron chi connectivity index (χ1n) is 9.67. The van der Waals surface area contributed by atoms with Gasteiger partial charge in [0.05, 0.1) is 12.2 Å². The summed E-state index contributed by atoms with van der Waals surface area (Å²) >= 11 is 1.85. The molecule has 0 bridgehead atoms. The van der Waals surface area contributed by atoms with Gasteiger partial charge in [-0.05, 0) is 56.0 Å². The van der Waals surface area contributed by atoms with Crippen LogP contribution in [0.15, 0.2) is 17.6 Å². The lowest BCUT2D eigenvalue weighted by molar-refractivity contribution is 0.0718. The highest BCUT2D eigenvalue weighted by molar-refractivity contribution is 7.10.